The topological polar surface area (TPSA) is 75.7 Å². The van der Waals surface area contributed by atoms with Crippen LogP contribution < -0.4 is 4.72 Å². The van der Waals surface area contributed by atoms with E-state index < -0.39 is 32.7 Å². The molecule has 0 fully saturated rings. The van der Waals surface area contributed by atoms with Crippen molar-refractivity contribution in [3.05, 3.63) is 30.1 Å². The standard InChI is InChI=1S/C13H19FN2O4S/c1-9(2)12(13(17)16(3)20-4)15-21(18,19)11-8-6-5-7-10(11)14/h5-9,12,15H,1-4H3/t12-/m0/s1. The minimum Gasteiger partial charge on any atom is -0.275 e. The lowest BCUT2D eigenvalue weighted by Crippen LogP contribution is -2.49. The van der Waals surface area contributed by atoms with Crippen LogP contribution in [0, 0.1) is 11.7 Å². The molecule has 1 atom stereocenters. The number of likely N-dealkylation sites (N-methyl/N-ethyl adjacent to an activating group) is 1. The van der Waals surface area contributed by atoms with E-state index in [1.807, 2.05) is 0 Å². The van der Waals surface area contributed by atoms with E-state index in [9.17, 15) is 17.6 Å². The highest BCUT2D eigenvalue weighted by Gasteiger charge is 2.31. The van der Waals surface area contributed by atoms with E-state index in [2.05, 4.69) is 4.72 Å². The van der Waals surface area contributed by atoms with E-state index in [1.165, 1.54) is 26.3 Å². The molecule has 0 aliphatic carbocycles. The van der Waals surface area contributed by atoms with E-state index in [-0.39, 0.29) is 5.92 Å². The molecule has 0 aliphatic rings. The molecule has 0 unspecified atom stereocenters. The zero-order valence-corrected chi connectivity index (χ0v) is 13.1. The van der Waals surface area contributed by atoms with Crippen molar-refractivity contribution in [1.82, 2.24) is 9.79 Å². The van der Waals surface area contributed by atoms with Gasteiger partial charge in [-0.3, -0.25) is 9.63 Å². The number of nitrogens with one attached hydrogen (secondary N) is 1. The first kappa shape index (κ1) is 17.5. The van der Waals surface area contributed by atoms with Crippen molar-refractivity contribution in [2.45, 2.75) is 24.8 Å². The number of halogens is 1. The lowest BCUT2D eigenvalue weighted by Gasteiger charge is -2.25. The van der Waals surface area contributed by atoms with Gasteiger partial charge in [0.2, 0.25) is 10.0 Å². The van der Waals surface area contributed by atoms with Crippen molar-refractivity contribution >= 4 is 15.9 Å². The normalized spacial score (nSPS) is 13.2. The first-order valence-corrected chi connectivity index (χ1v) is 7.77. The fourth-order valence-electron chi connectivity index (χ4n) is 1.65. The average molecular weight is 318 g/mol. The Hall–Kier alpha value is -1.51. The molecule has 0 heterocycles. The SMILES string of the molecule is CON(C)C(=O)[C@@H](NS(=O)(=O)c1ccccc1F)C(C)C. The van der Waals surface area contributed by atoms with E-state index in [1.54, 1.807) is 13.8 Å². The monoisotopic (exact) mass is 318 g/mol. The average Bonchev–Trinajstić information content (AvgIpc) is 2.43. The zero-order chi connectivity index (χ0) is 16.2. The van der Waals surface area contributed by atoms with Crippen LogP contribution in [-0.4, -0.2) is 39.6 Å². The number of amides is 1. The molecule has 0 aliphatic heterocycles. The number of hydrogen-bond donors (Lipinski definition) is 1. The van der Waals surface area contributed by atoms with E-state index in [4.69, 9.17) is 4.84 Å². The number of rotatable bonds is 6. The number of hydroxylamine groups is 2. The predicted molar refractivity (Wildman–Crippen MR) is 75.1 cm³/mol. The zero-order valence-electron chi connectivity index (χ0n) is 12.3. The number of carbonyl (C=O) groups is 1. The van der Waals surface area contributed by atoms with Crippen LogP contribution >= 0.6 is 0 Å². The van der Waals surface area contributed by atoms with Crippen molar-refractivity contribution in [2.75, 3.05) is 14.2 Å². The van der Waals surface area contributed by atoms with Crippen molar-refractivity contribution in [3.63, 3.8) is 0 Å². The number of carbonyl (C=O) groups excluding carboxylic acids is 1. The maximum Gasteiger partial charge on any atom is 0.264 e. The smallest absolute Gasteiger partial charge is 0.264 e. The summed E-state index contributed by atoms with van der Waals surface area (Å²) in [5.41, 5.74) is 0. The third-order valence-corrected chi connectivity index (χ3v) is 4.40. The molecule has 6 nitrogen and oxygen atoms in total. The first-order chi connectivity index (χ1) is 9.70. The van der Waals surface area contributed by atoms with Gasteiger partial charge in [-0.1, -0.05) is 26.0 Å². The second-order valence-electron chi connectivity index (χ2n) is 4.79. The maximum absolute atomic E-state index is 13.6. The molecule has 0 bridgehead atoms. The Balaban J connectivity index is 3.09. The molecule has 0 aromatic heterocycles. The van der Waals surface area contributed by atoms with Gasteiger partial charge >= 0.3 is 0 Å². The fraction of sp³-hybridized carbons (Fsp3) is 0.462. The van der Waals surface area contributed by atoms with Crippen LogP contribution in [0.25, 0.3) is 0 Å². The summed E-state index contributed by atoms with van der Waals surface area (Å²) in [5.74, 6) is -1.77. The molecular weight excluding hydrogens is 299 g/mol. The molecule has 1 aromatic carbocycles. The van der Waals surface area contributed by atoms with Crippen LogP contribution in [0.2, 0.25) is 0 Å². The number of sulfonamides is 1. The second-order valence-corrected chi connectivity index (χ2v) is 6.47. The first-order valence-electron chi connectivity index (χ1n) is 6.29. The maximum atomic E-state index is 13.6. The quantitative estimate of drug-likeness (QED) is 0.798. The van der Waals surface area contributed by atoms with Crippen molar-refractivity contribution in [2.24, 2.45) is 5.92 Å². The van der Waals surface area contributed by atoms with Crippen molar-refractivity contribution < 1.29 is 22.4 Å². The highest BCUT2D eigenvalue weighted by Crippen LogP contribution is 2.16. The lowest BCUT2D eigenvalue weighted by molar-refractivity contribution is -0.171. The largest absolute Gasteiger partial charge is 0.275 e. The summed E-state index contributed by atoms with van der Waals surface area (Å²) in [6.07, 6.45) is 0. The van der Waals surface area contributed by atoms with Crippen LogP contribution in [0.15, 0.2) is 29.2 Å². The van der Waals surface area contributed by atoms with E-state index in [0.717, 1.165) is 17.2 Å². The van der Waals surface area contributed by atoms with Crippen molar-refractivity contribution in [1.29, 1.82) is 0 Å². The summed E-state index contributed by atoms with van der Waals surface area (Å²) in [6, 6.07) is 3.92. The van der Waals surface area contributed by atoms with Gasteiger partial charge in [-0.15, -0.1) is 0 Å². The van der Waals surface area contributed by atoms with Crippen LogP contribution in [0.3, 0.4) is 0 Å². The van der Waals surface area contributed by atoms with Crippen LogP contribution in [-0.2, 0) is 19.7 Å². The Morgan fingerprint density at radius 3 is 2.38 bits per heavy atom. The summed E-state index contributed by atoms with van der Waals surface area (Å²) >= 11 is 0. The highest BCUT2D eigenvalue weighted by atomic mass is 32.2. The number of benzene rings is 1. The fourth-order valence-corrected chi connectivity index (χ4v) is 3.07. The molecule has 8 heteroatoms. The van der Waals surface area contributed by atoms with Gasteiger partial charge < -0.3 is 0 Å². The lowest BCUT2D eigenvalue weighted by atomic mass is 10.1. The molecule has 0 radical (unpaired) electrons. The van der Waals surface area contributed by atoms with Gasteiger partial charge in [-0.05, 0) is 18.1 Å². The van der Waals surface area contributed by atoms with Crippen molar-refractivity contribution in [3.8, 4) is 0 Å². The Labute approximate surface area is 123 Å². The van der Waals surface area contributed by atoms with Crippen LogP contribution in [0.5, 0.6) is 0 Å². The van der Waals surface area contributed by atoms with E-state index in [0.29, 0.717) is 0 Å². The molecule has 0 spiro atoms. The second kappa shape index (κ2) is 6.97. The third-order valence-electron chi connectivity index (χ3n) is 2.93. The Bertz CT molecular complexity index is 604. The molecule has 1 rings (SSSR count). The van der Waals surface area contributed by atoms with Crippen LogP contribution in [0.4, 0.5) is 4.39 Å². The minimum absolute atomic E-state index is 0.336. The molecule has 1 aromatic rings. The molecule has 0 saturated heterocycles. The summed E-state index contributed by atoms with van der Waals surface area (Å²) < 4.78 is 40.3. The molecule has 118 valence electrons. The third kappa shape index (κ3) is 4.23. The highest BCUT2D eigenvalue weighted by molar-refractivity contribution is 7.89. The Morgan fingerprint density at radius 1 is 1.33 bits per heavy atom. The van der Waals surface area contributed by atoms with Gasteiger partial charge in [0.05, 0.1) is 7.11 Å². The molecule has 1 amide bonds. The molecule has 1 N–H and O–H groups in total. The molecule has 21 heavy (non-hydrogen) atoms. The summed E-state index contributed by atoms with van der Waals surface area (Å²) in [7, 11) is -1.49. The van der Waals surface area contributed by atoms with Gasteiger partial charge in [0.25, 0.3) is 5.91 Å². The number of nitrogens with zero attached hydrogens (tertiary/aromatic N) is 1. The predicted octanol–water partition coefficient (Wildman–Crippen LogP) is 1.15. The molecule has 0 saturated carbocycles. The number of hydrogen-bond acceptors (Lipinski definition) is 4. The summed E-state index contributed by atoms with van der Waals surface area (Å²) in [6.45, 7) is 3.35. The van der Waals surface area contributed by atoms with Gasteiger partial charge in [-0.2, -0.15) is 4.72 Å². The van der Waals surface area contributed by atoms with E-state index >= 15 is 0 Å². The van der Waals surface area contributed by atoms with Gasteiger partial charge in [0.1, 0.15) is 16.8 Å². The Morgan fingerprint density at radius 2 is 1.90 bits per heavy atom. The van der Waals surface area contributed by atoms with Gasteiger partial charge in [-0.25, -0.2) is 17.9 Å². The Kier molecular flexibility index (Phi) is 5.82. The molecular formula is C13H19FN2O4S. The minimum atomic E-state index is -4.15. The van der Waals surface area contributed by atoms with Gasteiger partial charge in [0.15, 0.2) is 0 Å². The van der Waals surface area contributed by atoms with Gasteiger partial charge in [0, 0.05) is 7.05 Å². The summed E-state index contributed by atoms with van der Waals surface area (Å²) in [4.78, 5) is 16.4. The van der Waals surface area contributed by atoms with Crippen LogP contribution in [0.1, 0.15) is 13.8 Å². The summed E-state index contributed by atoms with van der Waals surface area (Å²) in [5, 5.41) is 0.925.